The van der Waals surface area contributed by atoms with Crippen molar-refractivity contribution in [2.75, 3.05) is 0 Å². The van der Waals surface area contributed by atoms with Gasteiger partial charge in [0.15, 0.2) is 0 Å². The monoisotopic (exact) mass is 370 g/mol. The lowest BCUT2D eigenvalue weighted by atomic mass is 10.0. The average molecular weight is 371 g/mol. The summed E-state index contributed by atoms with van der Waals surface area (Å²) in [5.41, 5.74) is 4.85. The number of hydrogen-bond acceptors (Lipinski definition) is 3. The van der Waals surface area contributed by atoms with Crippen molar-refractivity contribution in [2.24, 2.45) is 0 Å². The van der Waals surface area contributed by atoms with Gasteiger partial charge in [0.2, 0.25) is 0 Å². The first-order valence-corrected chi connectivity index (χ1v) is 10.2. The molecule has 0 saturated carbocycles. The van der Waals surface area contributed by atoms with Crippen molar-refractivity contribution < 1.29 is 14.3 Å². The first-order valence-electron chi connectivity index (χ1n) is 10.2. The summed E-state index contributed by atoms with van der Waals surface area (Å²) in [4.78, 5) is 11.0. The van der Waals surface area contributed by atoms with Gasteiger partial charge in [-0.2, -0.15) is 0 Å². The number of allylic oxidation sites excluding steroid dienone is 8. The van der Waals surface area contributed by atoms with Crippen LogP contribution in [0, 0.1) is 0 Å². The second-order valence-corrected chi connectivity index (χ2v) is 7.76. The molecule has 2 aliphatic rings. The Morgan fingerprint density at radius 2 is 2.04 bits per heavy atom. The van der Waals surface area contributed by atoms with Crippen LogP contribution in [-0.4, -0.2) is 12.6 Å². The van der Waals surface area contributed by atoms with E-state index in [1.807, 2.05) is 19.1 Å². The number of carbonyl (C=O) groups excluding carboxylic acids is 1. The third-order valence-corrected chi connectivity index (χ3v) is 5.35. The third kappa shape index (κ3) is 6.89. The van der Waals surface area contributed by atoms with Crippen LogP contribution in [0.15, 0.2) is 58.1 Å². The van der Waals surface area contributed by atoms with Gasteiger partial charge in [-0.15, -0.1) is 0 Å². The van der Waals surface area contributed by atoms with Crippen LogP contribution in [-0.2, 0) is 14.3 Å². The van der Waals surface area contributed by atoms with E-state index in [0.29, 0.717) is 18.7 Å². The molecule has 0 bridgehead atoms. The van der Waals surface area contributed by atoms with Crippen LogP contribution in [0.4, 0.5) is 0 Å². The maximum Gasteiger partial charge on any atom is 0.298 e. The van der Waals surface area contributed by atoms with Crippen molar-refractivity contribution in [1.82, 2.24) is 0 Å². The molecule has 0 aromatic carbocycles. The molecule has 0 aromatic rings. The first-order chi connectivity index (χ1) is 13.0. The number of rotatable bonds is 8. The fourth-order valence-electron chi connectivity index (χ4n) is 3.48. The Morgan fingerprint density at radius 3 is 2.78 bits per heavy atom. The molecule has 2 aliphatic carbocycles. The van der Waals surface area contributed by atoms with E-state index in [9.17, 15) is 4.79 Å². The second kappa shape index (κ2) is 11.0. The second-order valence-electron chi connectivity index (χ2n) is 7.76. The molecule has 27 heavy (non-hydrogen) atoms. The fraction of sp³-hybridized carbons (Fsp3) is 0.542. The number of carbonyl (C=O) groups is 1. The molecule has 0 fully saturated rings. The van der Waals surface area contributed by atoms with Crippen LogP contribution in [0.2, 0.25) is 0 Å². The molecule has 3 heteroatoms. The molecule has 0 spiro atoms. The number of hydrogen-bond donors (Lipinski definition) is 0. The van der Waals surface area contributed by atoms with Gasteiger partial charge in [0.25, 0.3) is 6.47 Å². The molecule has 0 saturated heterocycles. The van der Waals surface area contributed by atoms with Gasteiger partial charge < -0.3 is 9.47 Å². The maximum absolute atomic E-state index is 11.0. The van der Waals surface area contributed by atoms with E-state index >= 15 is 0 Å². The Bertz CT molecular complexity index is 670. The summed E-state index contributed by atoms with van der Waals surface area (Å²) in [5.74, 6) is 1.41. The Labute approximate surface area is 164 Å². The summed E-state index contributed by atoms with van der Waals surface area (Å²) >= 11 is 0. The predicted molar refractivity (Wildman–Crippen MR) is 111 cm³/mol. The van der Waals surface area contributed by atoms with Crippen LogP contribution in [0.1, 0.15) is 79.1 Å². The van der Waals surface area contributed by atoms with Crippen molar-refractivity contribution in [1.29, 1.82) is 0 Å². The molecular weight excluding hydrogens is 336 g/mol. The predicted octanol–water partition coefficient (Wildman–Crippen LogP) is 6.69. The van der Waals surface area contributed by atoms with Gasteiger partial charge in [-0.1, -0.05) is 35.8 Å². The highest BCUT2D eigenvalue weighted by Gasteiger charge is 2.15. The first kappa shape index (κ1) is 21.3. The van der Waals surface area contributed by atoms with E-state index in [2.05, 4.69) is 32.9 Å². The van der Waals surface area contributed by atoms with E-state index < -0.39 is 0 Å². The highest BCUT2D eigenvalue weighted by Crippen LogP contribution is 2.28. The minimum Gasteiger partial charge on any atom is -0.495 e. The molecule has 0 heterocycles. The standard InChI is InChI=1S/C24H34O3/c1-18(2)20(4)23-13-9-12-22(16-24(23)26-17-25)27-19(3)14-15-21-10-7-5-6-8-11-21/h9-10,13,16-17,19H,5-8,11-12,14-15H2,1-4H3. The molecule has 0 N–H and O–H groups in total. The zero-order valence-corrected chi connectivity index (χ0v) is 17.3. The molecule has 0 aliphatic heterocycles. The van der Waals surface area contributed by atoms with Crippen LogP contribution >= 0.6 is 0 Å². The van der Waals surface area contributed by atoms with Gasteiger partial charge in [0.1, 0.15) is 11.5 Å². The minimum atomic E-state index is 0.136. The van der Waals surface area contributed by atoms with Gasteiger partial charge in [-0.25, -0.2) is 0 Å². The van der Waals surface area contributed by atoms with Crippen molar-refractivity contribution in [3.63, 3.8) is 0 Å². The normalized spacial score (nSPS) is 18.7. The SMILES string of the molecule is CC(C)=C(C)C1=C(OC=O)C=C(OC(C)CCC2=CCCCCC2)CC=C1. The lowest BCUT2D eigenvalue weighted by Gasteiger charge is -2.17. The number of ether oxygens (including phenoxy) is 2. The lowest BCUT2D eigenvalue weighted by Crippen LogP contribution is -2.08. The van der Waals surface area contributed by atoms with Crippen molar-refractivity contribution in [3.05, 3.63) is 58.1 Å². The summed E-state index contributed by atoms with van der Waals surface area (Å²) < 4.78 is 11.5. The highest BCUT2D eigenvalue weighted by molar-refractivity contribution is 5.52. The molecule has 2 rings (SSSR count). The summed E-state index contributed by atoms with van der Waals surface area (Å²) in [7, 11) is 0. The van der Waals surface area contributed by atoms with Gasteiger partial charge >= 0.3 is 0 Å². The van der Waals surface area contributed by atoms with Crippen molar-refractivity contribution in [2.45, 2.75) is 85.2 Å². The van der Waals surface area contributed by atoms with Crippen LogP contribution < -0.4 is 0 Å². The van der Waals surface area contributed by atoms with Crippen LogP contribution in [0.5, 0.6) is 0 Å². The molecule has 0 radical (unpaired) electrons. The fourth-order valence-corrected chi connectivity index (χ4v) is 3.48. The topological polar surface area (TPSA) is 35.5 Å². The molecular formula is C24H34O3. The average Bonchev–Trinajstić information content (AvgIpc) is 3.00. The third-order valence-electron chi connectivity index (χ3n) is 5.35. The van der Waals surface area contributed by atoms with E-state index in [-0.39, 0.29) is 6.10 Å². The Kier molecular flexibility index (Phi) is 8.63. The summed E-state index contributed by atoms with van der Waals surface area (Å²) in [6.07, 6.45) is 17.8. The van der Waals surface area contributed by atoms with Crippen molar-refractivity contribution in [3.8, 4) is 0 Å². The van der Waals surface area contributed by atoms with Gasteiger partial charge in [0, 0.05) is 18.1 Å². The Morgan fingerprint density at radius 1 is 1.22 bits per heavy atom. The van der Waals surface area contributed by atoms with E-state index in [1.54, 1.807) is 5.57 Å². The molecule has 1 atom stereocenters. The molecule has 1 unspecified atom stereocenters. The molecule has 0 amide bonds. The molecule has 0 aromatic heterocycles. The highest BCUT2D eigenvalue weighted by atomic mass is 16.5. The summed E-state index contributed by atoms with van der Waals surface area (Å²) in [5, 5.41) is 0. The van der Waals surface area contributed by atoms with Gasteiger partial charge in [0.05, 0.1) is 6.10 Å². The van der Waals surface area contributed by atoms with Gasteiger partial charge in [-0.05, 0) is 71.8 Å². The van der Waals surface area contributed by atoms with Gasteiger partial charge in [-0.3, -0.25) is 4.79 Å². The van der Waals surface area contributed by atoms with Crippen LogP contribution in [0.25, 0.3) is 0 Å². The lowest BCUT2D eigenvalue weighted by molar-refractivity contribution is -0.124. The van der Waals surface area contributed by atoms with E-state index in [1.165, 1.54) is 37.7 Å². The van der Waals surface area contributed by atoms with E-state index in [4.69, 9.17) is 9.47 Å². The minimum absolute atomic E-state index is 0.136. The zero-order valence-electron chi connectivity index (χ0n) is 17.3. The maximum atomic E-state index is 11.0. The van der Waals surface area contributed by atoms with E-state index in [0.717, 1.165) is 29.7 Å². The van der Waals surface area contributed by atoms with Crippen LogP contribution in [0.3, 0.4) is 0 Å². The summed E-state index contributed by atoms with van der Waals surface area (Å²) in [6.45, 7) is 8.78. The quantitative estimate of drug-likeness (QED) is 0.353. The molecule has 3 nitrogen and oxygen atoms in total. The smallest absolute Gasteiger partial charge is 0.298 e. The largest absolute Gasteiger partial charge is 0.495 e. The Hall–Kier alpha value is -2.03. The van der Waals surface area contributed by atoms with Crippen molar-refractivity contribution >= 4 is 6.47 Å². The zero-order chi connectivity index (χ0) is 19.6. The Balaban J connectivity index is 2.05. The molecule has 148 valence electrons. The summed E-state index contributed by atoms with van der Waals surface area (Å²) in [6, 6.07) is 0.